The first-order chi connectivity index (χ1) is 12.0. The SMILES string of the molecule is COc1cccc(NC(=O)Nc2nnc(N3C[C@H](C)C[C@@H](C)C3)s2)c1. The molecule has 1 fully saturated rings. The summed E-state index contributed by atoms with van der Waals surface area (Å²) in [6.07, 6.45) is 1.24. The lowest BCUT2D eigenvalue weighted by Gasteiger charge is -2.34. The van der Waals surface area contributed by atoms with Gasteiger partial charge in [-0.05, 0) is 30.4 Å². The molecular weight excluding hydrogens is 338 g/mol. The van der Waals surface area contributed by atoms with Gasteiger partial charge in [0.2, 0.25) is 10.3 Å². The summed E-state index contributed by atoms with van der Waals surface area (Å²) in [5.41, 5.74) is 0.653. The molecule has 1 aliphatic heterocycles. The smallest absolute Gasteiger partial charge is 0.325 e. The van der Waals surface area contributed by atoms with Crippen LogP contribution in [-0.2, 0) is 0 Å². The van der Waals surface area contributed by atoms with Crippen molar-refractivity contribution in [1.82, 2.24) is 10.2 Å². The largest absolute Gasteiger partial charge is 0.497 e. The highest BCUT2D eigenvalue weighted by Gasteiger charge is 2.24. The number of carbonyl (C=O) groups is 1. The predicted octanol–water partition coefficient (Wildman–Crippen LogP) is 3.67. The van der Waals surface area contributed by atoms with Gasteiger partial charge in [-0.25, -0.2) is 4.79 Å². The van der Waals surface area contributed by atoms with Gasteiger partial charge < -0.3 is 15.0 Å². The summed E-state index contributed by atoms with van der Waals surface area (Å²) in [4.78, 5) is 14.4. The molecule has 2 atom stereocenters. The van der Waals surface area contributed by atoms with Crippen LogP contribution >= 0.6 is 11.3 Å². The Morgan fingerprint density at radius 3 is 2.72 bits per heavy atom. The molecule has 2 N–H and O–H groups in total. The van der Waals surface area contributed by atoms with Crippen LogP contribution in [0.2, 0.25) is 0 Å². The highest BCUT2D eigenvalue weighted by atomic mass is 32.1. The summed E-state index contributed by atoms with van der Waals surface area (Å²) in [6, 6.07) is 6.83. The van der Waals surface area contributed by atoms with Gasteiger partial charge in [0, 0.05) is 24.8 Å². The van der Waals surface area contributed by atoms with Crippen LogP contribution in [0.1, 0.15) is 20.3 Å². The zero-order valence-electron chi connectivity index (χ0n) is 14.7. The van der Waals surface area contributed by atoms with Gasteiger partial charge in [0.25, 0.3) is 0 Å². The summed E-state index contributed by atoms with van der Waals surface area (Å²) in [6.45, 7) is 6.47. The number of hydrogen-bond acceptors (Lipinski definition) is 6. The fourth-order valence-corrected chi connectivity index (χ4v) is 3.93. The van der Waals surface area contributed by atoms with E-state index < -0.39 is 0 Å². The molecule has 3 rings (SSSR count). The molecule has 1 aromatic heterocycles. The van der Waals surface area contributed by atoms with Crippen molar-refractivity contribution in [3.8, 4) is 5.75 Å². The topological polar surface area (TPSA) is 79.4 Å². The Morgan fingerprint density at radius 1 is 1.24 bits per heavy atom. The first kappa shape index (κ1) is 17.5. The number of nitrogens with zero attached hydrogens (tertiary/aromatic N) is 3. The lowest BCUT2D eigenvalue weighted by Crippen LogP contribution is -2.38. The van der Waals surface area contributed by atoms with Crippen molar-refractivity contribution < 1.29 is 9.53 Å². The number of ether oxygens (including phenoxy) is 1. The average molecular weight is 361 g/mol. The van der Waals surface area contributed by atoms with Crippen molar-refractivity contribution in [2.24, 2.45) is 11.8 Å². The maximum absolute atomic E-state index is 12.1. The molecule has 0 saturated carbocycles. The van der Waals surface area contributed by atoms with E-state index >= 15 is 0 Å². The number of anilines is 3. The number of aromatic nitrogens is 2. The Bertz CT molecular complexity index is 725. The van der Waals surface area contributed by atoms with Crippen LogP contribution in [0.3, 0.4) is 0 Å². The van der Waals surface area contributed by atoms with Gasteiger partial charge in [0.15, 0.2) is 0 Å². The molecule has 0 bridgehead atoms. The predicted molar refractivity (Wildman–Crippen MR) is 101 cm³/mol. The third-order valence-corrected chi connectivity index (χ3v) is 5.00. The highest BCUT2D eigenvalue weighted by Crippen LogP contribution is 2.30. The zero-order valence-corrected chi connectivity index (χ0v) is 15.5. The Balaban J connectivity index is 1.60. The molecule has 1 aromatic carbocycles. The molecule has 0 radical (unpaired) electrons. The van der Waals surface area contributed by atoms with Gasteiger partial charge in [-0.1, -0.05) is 31.3 Å². The molecule has 2 amide bonds. The molecule has 7 nitrogen and oxygen atoms in total. The van der Waals surface area contributed by atoms with Crippen molar-refractivity contribution in [2.45, 2.75) is 20.3 Å². The highest BCUT2D eigenvalue weighted by molar-refractivity contribution is 7.19. The van der Waals surface area contributed by atoms with E-state index in [2.05, 4.69) is 39.6 Å². The summed E-state index contributed by atoms with van der Waals surface area (Å²) in [5.74, 6) is 1.96. The van der Waals surface area contributed by atoms with Crippen LogP contribution in [-0.4, -0.2) is 36.4 Å². The van der Waals surface area contributed by atoms with Gasteiger partial charge >= 0.3 is 6.03 Å². The number of rotatable bonds is 4. The van der Waals surface area contributed by atoms with Crippen LogP contribution in [0.15, 0.2) is 24.3 Å². The minimum atomic E-state index is -0.351. The van der Waals surface area contributed by atoms with Crippen molar-refractivity contribution in [1.29, 1.82) is 0 Å². The molecule has 8 heteroatoms. The fraction of sp³-hybridized carbons (Fsp3) is 0.471. The molecule has 0 spiro atoms. The Labute approximate surface area is 151 Å². The van der Waals surface area contributed by atoms with Crippen LogP contribution in [0.25, 0.3) is 0 Å². The van der Waals surface area contributed by atoms with Crippen molar-refractivity contribution >= 4 is 33.3 Å². The second kappa shape index (κ2) is 7.69. The van der Waals surface area contributed by atoms with E-state index in [0.717, 1.165) is 18.2 Å². The van der Waals surface area contributed by atoms with E-state index in [1.807, 2.05) is 12.1 Å². The van der Waals surface area contributed by atoms with Crippen molar-refractivity contribution in [3.05, 3.63) is 24.3 Å². The summed E-state index contributed by atoms with van der Waals surface area (Å²) in [7, 11) is 1.59. The quantitative estimate of drug-likeness (QED) is 0.868. The second-order valence-electron chi connectivity index (χ2n) is 6.55. The van der Waals surface area contributed by atoms with Gasteiger partial charge in [-0.2, -0.15) is 0 Å². The molecule has 25 heavy (non-hydrogen) atoms. The summed E-state index contributed by atoms with van der Waals surface area (Å²) >= 11 is 1.40. The molecule has 134 valence electrons. The van der Waals surface area contributed by atoms with Gasteiger partial charge in [-0.15, -0.1) is 10.2 Å². The molecule has 0 aliphatic carbocycles. The lowest BCUT2D eigenvalue weighted by molar-refractivity contribution is 0.262. The van der Waals surface area contributed by atoms with Crippen LogP contribution in [0, 0.1) is 11.8 Å². The third kappa shape index (κ3) is 4.60. The van der Waals surface area contributed by atoms with E-state index in [1.165, 1.54) is 17.8 Å². The lowest BCUT2D eigenvalue weighted by atomic mass is 9.92. The zero-order chi connectivity index (χ0) is 17.8. The standard InChI is InChI=1S/C17H23N5O2S/c1-11-7-12(2)10-22(9-11)17-21-20-16(25-17)19-15(23)18-13-5-4-6-14(8-13)24-3/h4-6,8,11-12H,7,9-10H2,1-3H3,(H2,18,19,20,23)/t11-,12-/m1/s1. The van der Waals surface area contributed by atoms with Crippen LogP contribution in [0.4, 0.5) is 20.7 Å². The first-order valence-corrected chi connectivity index (χ1v) is 9.15. The first-order valence-electron chi connectivity index (χ1n) is 8.34. The summed E-state index contributed by atoms with van der Waals surface area (Å²) in [5, 5.41) is 15.2. The fourth-order valence-electron chi connectivity index (χ4n) is 3.17. The van der Waals surface area contributed by atoms with E-state index in [4.69, 9.17) is 4.74 Å². The minimum absolute atomic E-state index is 0.351. The number of urea groups is 1. The molecule has 1 aliphatic rings. The average Bonchev–Trinajstić information content (AvgIpc) is 3.02. The van der Waals surface area contributed by atoms with Crippen LogP contribution in [0.5, 0.6) is 5.75 Å². The molecule has 2 aromatic rings. The number of methoxy groups -OCH3 is 1. The van der Waals surface area contributed by atoms with E-state index in [0.29, 0.717) is 28.4 Å². The van der Waals surface area contributed by atoms with Crippen LogP contribution < -0.4 is 20.3 Å². The van der Waals surface area contributed by atoms with E-state index in [9.17, 15) is 4.79 Å². The number of hydrogen-bond donors (Lipinski definition) is 2. The number of benzene rings is 1. The number of amides is 2. The second-order valence-corrected chi connectivity index (χ2v) is 7.51. The van der Waals surface area contributed by atoms with Gasteiger partial charge in [0.05, 0.1) is 7.11 Å². The maximum atomic E-state index is 12.1. The van der Waals surface area contributed by atoms with E-state index in [1.54, 1.807) is 19.2 Å². The third-order valence-electron chi connectivity index (χ3n) is 4.10. The Morgan fingerprint density at radius 2 is 2.00 bits per heavy atom. The van der Waals surface area contributed by atoms with Crippen molar-refractivity contribution in [3.63, 3.8) is 0 Å². The van der Waals surface area contributed by atoms with Crippen molar-refractivity contribution in [2.75, 3.05) is 35.7 Å². The van der Waals surface area contributed by atoms with Gasteiger partial charge in [0.1, 0.15) is 5.75 Å². The summed E-state index contributed by atoms with van der Waals surface area (Å²) < 4.78 is 5.14. The maximum Gasteiger partial charge on any atom is 0.325 e. The molecule has 2 heterocycles. The molecule has 1 saturated heterocycles. The molecular formula is C17H23N5O2S. The monoisotopic (exact) mass is 361 g/mol. The molecule has 0 unspecified atom stereocenters. The number of carbonyl (C=O) groups excluding carboxylic acids is 1. The Kier molecular flexibility index (Phi) is 5.37. The number of piperidine rings is 1. The minimum Gasteiger partial charge on any atom is -0.497 e. The van der Waals surface area contributed by atoms with E-state index in [-0.39, 0.29) is 6.03 Å². The Hall–Kier alpha value is -2.35. The normalized spacial score (nSPS) is 20.2. The van der Waals surface area contributed by atoms with Gasteiger partial charge in [-0.3, -0.25) is 5.32 Å². The number of nitrogens with one attached hydrogen (secondary N) is 2.